The van der Waals surface area contributed by atoms with Crippen molar-refractivity contribution in [2.24, 2.45) is 35.5 Å². The van der Waals surface area contributed by atoms with E-state index >= 15 is 0 Å². The number of cyclic esters (lactones) is 1. The van der Waals surface area contributed by atoms with Gasteiger partial charge in [0.2, 0.25) is 0 Å². The molecule has 0 unspecified atom stereocenters. The van der Waals surface area contributed by atoms with Crippen LogP contribution in [-0.2, 0) is 33.4 Å². The van der Waals surface area contributed by atoms with Gasteiger partial charge >= 0.3 is 5.97 Å². The second kappa shape index (κ2) is 15.1. The first-order valence-corrected chi connectivity index (χ1v) is 14.9. The quantitative estimate of drug-likeness (QED) is 0.202. The van der Waals surface area contributed by atoms with Crippen molar-refractivity contribution in [1.82, 2.24) is 0 Å². The number of Topliss-reactive ketones (excluding diaryl/α,β-unsaturated/α-hetero) is 3. The van der Waals surface area contributed by atoms with Crippen LogP contribution in [0.5, 0.6) is 0 Å². The highest BCUT2D eigenvalue weighted by Crippen LogP contribution is 2.47. The third-order valence-electron chi connectivity index (χ3n) is 9.21. The number of esters is 1. The zero-order valence-corrected chi connectivity index (χ0v) is 26.7. The molecule has 0 aromatic carbocycles. The summed E-state index contributed by atoms with van der Waals surface area (Å²) in [4.78, 5) is 53.0. The molecule has 0 aromatic rings. The molecule has 0 aromatic heterocycles. The maximum absolute atomic E-state index is 13.7. The minimum atomic E-state index is -1.92. The van der Waals surface area contributed by atoms with Crippen LogP contribution in [-0.4, -0.2) is 99.7 Å². The Kier molecular flexibility index (Phi) is 13.0. The Morgan fingerprint density at radius 1 is 1.00 bits per heavy atom. The van der Waals surface area contributed by atoms with Gasteiger partial charge in [-0.15, -0.1) is 0 Å². The molecule has 0 aliphatic carbocycles. The van der Waals surface area contributed by atoms with Gasteiger partial charge in [-0.05, 0) is 26.3 Å². The topological polar surface area (TPSA) is 180 Å². The van der Waals surface area contributed by atoms with Crippen LogP contribution in [0.1, 0.15) is 61.8 Å². The zero-order chi connectivity index (χ0) is 33.0. The maximum Gasteiger partial charge on any atom is 0.337 e. The molecule has 1 saturated heterocycles. The first kappa shape index (κ1) is 36.9. The molecule has 11 nitrogen and oxygen atoms in total. The van der Waals surface area contributed by atoms with E-state index in [0.29, 0.717) is 5.57 Å². The first-order valence-electron chi connectivity index (χ1n) is 14.9. The molecule has 2 aliphatic heterocycles. The fourth-order valence-electron chi connectivity index (χ4n) is 6.05. The molecule has 2 rings (SSSR count). The molecule has 13 atom stereocenters. The molecular weight excluding hydrogens is 560 g/mol. The second-order valence-electron chi connectivity index (χ2n) is 12.5. The highest BCUT2D eigenvalue weighted by molar-refractivity contribution is 5.88. The van der Waals surface area contributed by atoms with Gasteiger partial charge in [-0.1, -0.05) is 52.8 Å². The molecule has 0 spiro atoms. The molecule has 1 fully saturated rings. The lowest BCUT2D eigenvalue weighted by molar-refractivity contribution is -0.169. The normalized spacial score (nSPS) is 42.0. The van der Waals surface area contributed by atoms with Crippen LogP contribution in [0, 0.1) is 35.5 Å². The molecule has 43 heavy (non-hydrogen) atoms. The predicted octanol–water partition coefficient (Wildman–Crippen LogP) is 1.58. The van der Waals surface area contributed by atoms with Crippen LogP contribution in [0.2, 0.25) is 0 Å². The van der Waals surface area contributed by atoms with Gasteiger partial charge in [-0.2, -0.15) is 0 Å². The molecule has 0 amide bonds. The van der Waals surface area contributed by atoms with Crippen molar-refractivity contribution in [1.29, 1.82) is 0 Å². The summed E-state index contributed by atoms with van der Waals surface area (Å²) >= 11 is 0. The number of hydrogen-bond donors (Lipinski definition) is 4. The Labute approximate surface area is 254 Å². The number of methoxy groups -OCH3 is 1. The largest absolute Gasteiger partial charge is 0.463 e. The predicted molar refractivity (Wildman–Crippen MR) is 157 cm³/mol. The Morgan fingerprint density at radius 3 is 2.16 bits per heavy atom. The Bertz CT molecular complexity index is 1080. The minimum absolute atomic E-state index is 0.0932. The molecule has 4 N–H and O–H groups in total. The third kappa shape index (κ3) is 8.26. The molecule has 0 radical (unpaired) electrons. The molecule has 244 valence electrons. The van der Waals surface area contributed by atoms with Crippen molar-refractivity contribution < 1.29 is 53.8 Å². The standard InChI is InChI=1S/C32H50O11/c1-10-11-15(2)30-32(8,43-30)29(39)21-14-42-31(40)27(38)28(41-9)20(7)25(36)19(6)24(35)17(4)12-16(3)22(33)13-23(34)18(5)26(21)37/h10-12,15-16,18-21,23-24,27-30,34-35,38-39H,13-14H2,1-9H3/b11-10-,17-12-/t15-,16-,18+,19+,20+,21-,23-,24-,27+,28-,29-,30+,32+/m0/s1. The first-order chi connectivity index (χ1) is 19.9. The van der Waals surface area contributed by atoms with Crippen LogP contribution >= 0.6 is 0 Å². The van der Waals surface area contributed by atoms with Crippen molar-refractivity contribution in [2.75, 3.05) is 13.7 Å². The van der Waals surface area contributed by atoms with Crippen molar-refractivity contribution >= 4 is 23.3 Å². The fraction of sp³-hybridized carbons (Fsp3) is 0.750. The SMILES string of the molecule is C/C=C\[C@H](C)[C@H]1O[C@]1(C)[C@@H](O)[C@H]1COC(=O)[C@H](O)[C@@H](OC)[C@H](C)C(=O)[C@H](C)[C@@H](O)/C(C)=C\[C@H](C)C(=O)C[C@H](O)[C@@H](C)C1=O. The summed E-state index contributed by atoms with van der Waals surface area (Å²) in [5.41, 5.74) is -0.809. The number of ether oxygens (including phenoxy) is 3. The second-order valence-corrected chi connectivity index (χ2v) is 12.5. The van der Waals surface area contributed by atoms with Gasteiger partial charge in [0.25, 0.3) is 0 Å². The van der Waals surface area contributed by atoms with Gasteiger partial charge in [-0.3, -0.25) is 14.4 Å². The minimum Gasteiger partial charge on any atom is -0.463 e. The smallest absolute Gasteiger partial charge is 0.337 e. The summed E-state index contributed by atoms with van der Waals surface area (Å²) in [5, 5.41) is 44.0. The number of carbonyl (C=O) groups excluding carboxylic acids is 4. The van der Waals surface area contributed by atoms with Gasteiger partial charge < -0.3 is 34.6 Å². The fourth-order valence-corrected chi connectivity index (χ4v) is 6.05. The lowest BCUT2D eigenvalue weighted by atomic mass is 9.79. The Hall–Kier alpha value is -2.28. The summed E-state index contributed by atoms with van der Waals surface area (Å²) in [6.07, 6.45) is -2.96. The number of allylic oxidation sites excluding steroid dienone is 2. The van der Waals surface area contributed by atoms with Crippen LogP contribution in [0.3, 0.4) is 0 Å². The number of hydrogen-bond acceptors (Lipinski definition) is 11. The summed E-state index contributed by atoms with van der Waals surface area (Å²) in [6, 6.07) is 0. The number of aliphatic hydroxyl groups is 4. The van der Waals surface area contributed by atoms with E-state index in [2.05, 4.69) is 0 Å². The number of carbonyl (C=O) groups is 4. The van der Waals surface area contributed by atoms with E-state index in [4.69, 9.17) is 14.2 Å². The molecule has 0 bridgehead atoms. The average molecular weight is 611 g/mol. The van der Waals surface area contributed by atoms with Gasteiger partial charge in [0, 0.05) is 43.1 Å². The van der Waals surface area contributed by atoms with E-state index < -0.39 is 102 Å². The van der Waals surface area contributed by atoms with E-state index in [0.717, 1.165) is 0 Å². The zero-order valence-electron chi connectivity index (χ0n) is 26.7. The van der Waals surface area contributed by atoms with Crippen LogP contribution in [0.4, 0.5) is 0 Å². The lowest BCUT2D eigenvalue weighted by Gasteiger charge is -2.31. The molecule has 2 aliphatic rings. The van der Waals surface area contributed by atoms with Gasteiger partial charge in [-0.25, -0.2) is 4.79 Å². The van der Waals surface area contributed by atoms with Gasteiger partial charge in [0.15, 0.2) is 6.10 Å². The molecule has 11 heteroatoms. The van der Waals surface area contributed by atoms with Gasteiger partial charge in [0.05, 0.1) is 30.3 Å². The summed E-state index contributed by atoms with van der Waals surface area (Å²) in [5.74, 6) is -8.06. The number of epoxide rings is 1. The van der Waals surface area contributed by atoms with E-state index in [-0.39, 0.29) is 12.3 Å². The summed E-state index contributed by atoms with van der Waals surface area (Å²) in [6.45, 7) is 12.3. The Balaban J connectivity index is 2.50. The van der Waals surface area contributed by atoms with Crippen molar-refractivity contribution in [3.05, 3.63) is 23.8 Å². The number of aliphatic hydroxyl groups excluding tert-OH is 4. The van der Waals surface area contributed by atoms with E-state index in [1.807, 2.05) is 26.0 Å². The summed E-state index contributed by atoms with van der Waals surface area (Å²) < 4.78 is 16.5. The molecule has 0 saturated carbocycles. The number of rotatable bonds is 5. The van der Waals surface area contributed by atoms with E-state index in [1.165, 1.54) is 34.0 Å². The molecule has 2 heterocycles. The van der Waals surface area contributed by atoms with E-state index in [9.17, 15) is 39.6 Å². The molecular formula is C32H50O11. The van der Waals surface area contributed by atoms with Crippen LogP contribution < -0.4 is 0 Å². The van der Waals surface area contributed by atoms with E-state index in [1.54, 1.807) is 20.8 Å². The van der Waals surface area contributed by atoms with Gasteiger partial charge in [0.1, 0.15) is 35.7 Å². The van der Waals surface area contributed by atoms with Crippen LogP contribution in [0.15, 0.2) is 23.8 Å². The average Bonchev–Trinajstić information content (AvgIpc) is 3.67. The summed E-state index contributed by atoms with van der Waals surface area (Å²) in [7, 11) is 1.22. The Morgan fingerprint density at radius 2 is 1.60 bits per heavy atom. The van der Waals surface area contributed by atoms with Crippen molar-refractivity contribution in [2.45, 2.75) is 104 Å². The highest BCUT2D eigenvalue weighted by atomic mass is 16.6. The van der Waals surface area contributed by atoms with Crippen molar-refractivity contribution in [3.8, 4) is 0 Å². The number of ketones is 3. The van der Waals surface area contributed by atoms with Crippen molar-refractivity contribution in [3.63, 3.8) is 0 Å². The lowest BCUT2D eigenvalue weighted by Crippen LogP contribution is -2.49. The highest BCUT2D eigenvalue weighted by Gasteiger charge is 2.62. The monoisotopic (exact) mass is 610 g/mol. The van der Waals surface area contributed by atoms with Crippen LogP contribution in [0.25, 0.3) is 0 Å². The third-order valence-corrected chi connectivity index (χ3v) is 9.21. The maximum atomic E-state index is 13.7.